The molecule has 0 bridgehead atoms. The Morgan fingerprint density at radius 1 is 1.38 bits per heavy atom. The first-order valence-corrected chi connectivity index (χ1v) is 5.37. The number of morpholine rings is 1. The lowest BCUT2D eigenvalue weighted by molar-refractivity contribution is 0.0416. The van der Waals surface area contributed by atoms with Crippen molar-refractivity contribution >= 4 is 6.09 Å². The number of nitrogens with zero attached hydrogens (tertiary/aromatic N) is 1. The Kier molecular flexibility index (Phi) is 3.41. The number of rotatable bonds is 1. The molecule has 86 valence electrons. The fourth-order valence-corrected chi connectivity index (χ4v) is 1.59. The normalized spacial score (nSPS) is 15.9. The average Bonchev–Trinajstić information content (AvgIpc) is 2.30. The van der Waals surface area contributed by atoms with Crippen molar-refractivity contribution in [2.24, 2.45) is 0 Å². The highest BCUT2D eigenvalue weighted by Gasteiger charge is 2.18. The van der Waals surface area contributed by atoms with Gasteiger partial charge in [-0.2, -0.15) is 0 Å². The van der Waals surface area contributed by atoms with E-state index in [0.29, 0.717) is 32.1 Å². The molecule has 1 saturated heterocycles. The van der Waals surface area contributed by atoms with Crippen LogP contribution in [0.3, 0.4) is 0 Å². The maximum absolute atomic E-state index is 11.7. The molecular formula is C12H15NO3. The van der Waals surface area contributed by atoms with Crippen molar-refractivity contribution in [2.75, 3.05) is 26.3 Å². The summed E-state index contributed by atoms with van der Waals surface area (Å²) in [6.45, 7) is 4.34. The molecule has 0 aliphatic carbocycles. The van der Waals surface area contributed by atoms with Gasteiger partial charge in [0.05, 0.1) is 13.2 Å². The zero-order chi connectivity index (χ0) is 11.4. The maximum atomic E-state index is 11.7. The number of hydrogen-bond donors (Lipinski definition) is 0. The number of carbonyl (C=O) groups is 1. The Morgan fingerprint density at radius 2 is 2.12 bits per heavy atom. The Labute approximate surface area is 94.8 Å². The van der Waals surface area contributed by atoms with Crippen molar-refractivity contribution in [2.45, 2.75) is 6.92 Å². The molecule has 1 heterocycles. The Hall–Kier alpha value is -1.55. The summed E-state index contributed by atoms with van der Waals surface area (Å²) in [6, 6.07) is 7.47. The molecule has 1 aliphatic rings. The summed E-state index contributed by atoms with van der Waals surface area (Å²) < 4.78 is 10.4. The van der Waals surface area contributed by atoms with Crippen LogP contribution >= 0.6 is 0 Å². The Morgan fingerprint density at radius 3 is 2.81 bits per heavy atom. The largest absolute Gasteiger partial charge is 0.415 e. The van der Waals surface area contributed by atoms with E-state index >= 15 is 0 Å². The number of carbonyl (C=O) groups excluding carboxylic acids is 1. The summed E-state index contributed by atoms with van der Waals surface area (Å²) in [5.74, 6) is 0.594. The van der Waals surface area contributed by atoms with Gasteiger partial charge in [0.2, 0.25) is 0 Å². The standard InChI is InChI=1S/C12H15NO3/c1-10-3-2-4-11(9-10)16-12(14)13-5-7-15-8-6-13/h2-4,9H,5-8H2,1H3. The highest BCUT2D eigenvalue weighted by atomic mass is 16.6. The van der Waals surface area contributed by atoms with Gasteiger partial charge in [-0.3, -0.25) is 0 Å². The van der Waals surface area contributed by atoms with Crippen molar-refractivity contribution in [3.8, 4) is 5.75 Å². The molecule has 1 aliphatic heterocycles. The predicted octanol–water partition coefficient (Wildman–Crippen LogP) is 1.83. The molecule has 0 spiro atoms. The summed E-state index contributed by atoms with van der Waals surface area (Å²) in [5, 5.41) is 0. The third-order valence-corrected chi connectivity index (χ3v) is 2.46. The highest BCUT2D eigenvalue weighted by Crippen LogP contribution is 2.14. The van der Waals surface area contributed by atoms with E-state index < -0.39 is 0 Å². The van der Waals surface area contributed by atoms with Crippen LogP contribution in [-0.4, -0.2) is 37.3 Å². The lowest BCUT2D eigenvalue weighted by Crippen LogP contribution is -2.42. The van der Waals surface area contributed by atoms with Crippen LogP contribution in [0, 0.1) is 6.92 Å². The van der Waals surface area contributed by atoms with Crippen molar-refractivity contribution in [1.29, 1.82) is 0 Å². The molecule has 0 radical (unpaired) electrons. The topological polar surface area (TPSA) is 38.8 Å². The van der Waals surface area contributed by atoms with Gasteiger partial charge < -0.3 is 14.4 Å². The Bertz CT molecular complexity index is 372. The van der Waals surface area contributed by atoms with E-state index in [1.54, 1.807) is 11.0 Å². The molecule has 1 aromatic rings. The van der Waals surface area contributed by atoms with Gasteiger partial charge in [-0.1, -0.05) is 12.1 Å². The first-order valence-electron chi connectivity index (χ1n) is 5.37. The van der Waals surface area contributed by atoms with Crippen LogP contribution < -0.4 is 4.74 Å². The molecule has 0 unspecified atom stereocenters. The van der Waals surface area contributed by atoms with Gasteiger partial charge in [-0.05, 0) is 24.6 Å². The summed E-state index contributed by atoms with van der Waals surface area (Å²) in [5.41, 5.74) is 1.08. The molecule has 1 aromatic carbocycles. The SMILES string of the molecule is Cc1cccc(OC(=O)N2CCOCC2)c1. The predicted molar refractivity (Wildman–Crippen MR) is 59.6 cm³/mol. The molecule has 0 N–H and O–H groups in total. The minimum absolute atomic E-state index is 0.297. The van der Waals surface area contributed by atoms with Crippen molar-refractivity contribution in [1.82, 2.24) is 4.90 Å². The quantitative estimate of drug-likeness (QED) is 0.726. The molecule has 1 fully saturated rings. The van der Waals surface area contributed by atoms with Crippen molar-refractivity contribution in [3.63, 3.8) is 0 Å². The fraction of sp³-hybridized carbons (Fsp3) is 0.417. The number of benzene rings is 1. The van der Waals surface area contributed by atoms with Crippen LogP contribution in [0.25, 0.3) is 0 Å². The van der Waals surface area contributed by atoms with E-state index in [2.05, 4.69) is 0 Å². The van der Waals surface area contributed by atoms with Gasteiger partial charge in [-0.15, -0.1) is 0 Å². The van der Waals surface area contributed by atoms with E-state index in [9.17, 15) is 4.79 Å². The van der Waals surface area contributed by atoms with Crippen molar-refractivity contribution in [3.05, 3.63) is 29.8 Å². The van der Waals surface area contributed by atoms with Crippen molar-refractivity contribution < 1.29 is 14.3 Å². The van der Waals surface area contributed by atoms with Crippen LogP contribution in [-0.2, 0) is 4.74 Å². The van der Waals surface area contributed by atoms with Crippen LogP contribution in [0.15, 0.2) is 24.3 Å². The van der Waals surface area contributed by atoms with Crippen LogP contribution in [0.5, 0.6) is 5.75 Å². The lowest BCUT2D eigenvalue weighted by atomic mass is 10.2. The van der Waals surface area contributed by atoms with Gasteiger partial charge in [-0.25, -0.2) is 4.79 Å². The third kappa shape index (κ3) is 2.73. The van der Waals surface area contributed by atoms with E-state index in [1.807, 2.05) is 25.1 Å². The average molecular weight is 221 g/mol. The molecule has 0 aromatic heterocycles. The molecule has 4 nitrogen and oxygen atoms in total. The smallest absolute Gasteiger partial charge is 0.410 e. The van der Waals surface area contributed by atoms with Crippen LogP contribution in [0.4, 0.5) is 4.79 Å². The second-order valence-electron chi connectivity index (χ2n) is 3.78. The molecule has 2 rings (SSSR count). The monoisotopic (exact) mass is 221 g/mol. The molecular weight excluding hydrogens is 206 g/mol. The van der Waals surface area contributed by atoms with E-state index in [1.165, 1.54) is 0 Å². The van der Waals surface area contributed by atoms with E-state index in [-0.39, 0.29) is 6.09 Å². The van der Waals surface area contributed by atoms with E-state index in [0.717, 1.165) is 5.56 Å². The third-order valence-electron chi connectivity index (χ3n) is 2.46. The van der Waals surface area contributed by atoms with Gasteiger partial charge in [0.15, 0.2) is 0 Å². The van der Waals surface area contributed by atoms with Crippen LogP contribution in [0.1, 0.15) is 5.56 Å². The highest BCUT2D eigenvalue weighted by molar-refractivity contribution is 5.70. The summed E-state index contributed by atoms with van der Waals surface area (Å²) in [7, 11) is 0. The molecule has 0 atom stereocenters. The molecule has 0 saturated carbocycles. The molecule has 4 heteroatoms. The maximum Gasteiger partial charge on any atom is 0.415 e. The second kappa shape index (κ2) is 4.99. The zero-order valence-corrected chi connectivity index (χ0v) is 9.31. The summed E-state index contributed by atoms with van der Waals surface area (Å²) in [4.78, 5) is 13.4. The number of ether oxygens (including phenoxy) is 2. The van der Waals surface area contributed by atoms with Gasteiger partial charge in [0, 0.05) is 13.1 Å². The lowest BCUT2D eigenvalue weighted by Gasteiger charge is -2.25. The zero-order valence-electron chi connectivity index (χ0n) is 9.31. The fourth-order valence-electron chi connectivity index (χ4n) is 1.59. The minimum atomic E-state index is -0.297. The summed E-state index contributed by atoms with van der Waals surface area (Å²) in [6.07, 6.45) is -0.297. The minimum Gasteiger partial charge on any atom is -0.410 e. The number of aryl methyl sites for hydroxylation is 1. The first kappa shape index (κ1) is 11.0. The van der Waals surface area contributed by atoms with Gasteiger partial charge >= 0.3 is 6.09 Å². The molecule has 16 heavy (non-hydrogen) atoms. The van der Waals surface area contributed by atoms with Crippen LogP contribution in [0.2, 0.25) is 0 Å². The molecule has 1 amide bonds. The van der Waals surface area contributed by atoms with Gasteiger partial charge in [0.25, 0.3) is 0 Å². The Balaban J connectivity index is 1.96. The van der Waals surface area contributed by atoms with E-state index in [4.69, 9.17) is 9.47 Å². The summed E-state index contributed by atoms with van der Waals surface area (Å²) >= 11 is 0. The van der Waals surface area contributed by atoms with Gasteiger partial charge in [0.1, 0.15) is 5.75 Å². The number of hydrogen-bond acceptors (Lipinski definition) is 3. The number of amides is 1. The first-order chi connectivity index (χ1) is 7.75. The second-order valence-corrected chi connectivity index (χ2v) is 3.78.